The van der Waals surface area contributed by atoms with Gasteiger partial charge in [0.25, 0.3) is 10.1 Å². The maximum absolute atomic E-state index is 12.0. The number of nitrogens with zero attached hydrogens (tertiary/aromatic N) is 2. The summed E-state index contributed by atoms with van der Waals surface area (Å²) in [5.41, 5.74) is 3.67. The van der Waals surface area contributed by atoms with E-state index in [4.69, 9.17) is 0 Å². The predicted octanol–water partition coefficient (Wildman–Crippen LogP) is 3.75. The van der Waals surface area contributed by atoms with Gasteiger partial charge < -0.3 is 29.0 Å². The van der Waals surface area contributed by atoms with Gasteiger partial charge in [0.15, 0.2) is 5.71 Å². The van der Waals surface area contributed by atoms with Gasteiger partial charge in [-0.1, -0.05) is 26.0 Å². The largest absolute Gasteiger partial charge is 0.748 e. The third-order valence-corrected chi connectivity index (χ3v) is 14.2. The van der Waals surface area contributed by atoms with Crippen molar-refractivity contribution >= 4 is 63.5 Å². The van der Waals surface area contributed by atoms with Gasteiger partial charge in [-0.15, -0.1) is 0 Å². The first-order chi connectivity index (χ1) is 27.6. The SMILES string of the molecule is CC1(C)C(/C=C/C2=C(NCCC(=O)O)C(=C/C=C3\N(CCCS(=O)(=O)O)c4ccc(S(=O)(=O)[O-])cc4C3(C)C)/CCC2)=[N+](CCCS(=O)(=O)[O-])c2ccc(S(=O)(=O)[O-])cc21. The van der Waals surface area contributed by atoms with E-state index in [1.165, 1.54) is 36.4 Å². The normalized spacial score (nSPS) is 19.4. The molecule has 0 fully saturated rings. The highest BCUT2D eigenvalue weighted by Gasteiger charge is 2.45. The van der Waals surface area contributed by atoms with Gasteiger partial charge in [-0.25, -0.2) is 25.3 Å². The molecule has 0 amide bonds. The Kier molecular flexibility index (Phi) is 13.5. The average molecular weight is 910 g/mol. The summed E-state index contributed by atoms with van der Waals surface area (Å²) in [6.07, 6.45) is 8.75. The van der Waals surface area contributed by atoms with Gasteiger partial charge in [0.05, 0.1) is 37.5 Å². The average Bonchev–Trinajstić information content (AvgIpc) is 3.45. The number of carbonyl (C=O) groups is 1. The first-order valence-corrected chi connectivity index (χ1v) is 24.9. The van der Waals surface area contributed by atoms with Crippen molar-refractivity contribution in [2.45, 2.75) is 86.8 Å². The highest BCUT2D eigenvalue weighted by atomic mass is 32.2. The first kappa shape index (κ1) is 46.8. The molecule has 2 heterocycles. The Morgan fingerprint density at radius 3 is 2.07 bits per heavy atom. The van der Waals surface area contributed by atoms with E-state index >= 15 is 0 Å². The van der Waals surface area contributed by atoms with E-state index in [9.17, 15) is 61.8 Å². The zero-order chi connectivity index (χ0) is 44.6. The zero-order valence-corrected chi connectivity index (χ0v) is 36.6. The number of benzene rings is 2. The van der Waals surface area contributed by atoms with Crippen LogP contribution in [0.2, 0.25) is 0 Å². The number of anilines is 1. The molecule has 3 N–H and O–H groups in total. The van der Waals surface area contributed by atoms with Crippen LogP contribution in [0.4, 0.5) is 11.4 Å². The number of fused-ring (bicyclic) bond motifs is 2. The standard InChI is InChI=1S/C39H49N3O14S4/c1-38(2)30-24-28(59(51,52)53)12-14-32(30)41(20-6-22-57(45,46)47)34(38)16-10-26-8-5-9-27(37(26)40-19-18-36(43)44)11-17-35-39(3,4)31-25-29(60(54,55)56)13-15-33(31)42(35)21-7-23-58(48,49)50/h10-17,24-25H,5-9,18-23H2,1-4H3,(H5,43,44,45,46,47,48,49,50,51,52,53,54,55,56)/p-2/b26-10+,34-16-. The fourth-order valence-corrected chi connectivity index (χ4v) is 10.0. The van der Waals surface area contributed by atoms with Crippen molar-refractivity contribution in [1.29, 1.82) is 0 Å². The molecular formula is C39H47N3O14S4-2. The molecule has 0 atom stereocenters. The van der Waals surface area contributed by atoms with E-state index in [1.807, 2.05) is 39.8 Å². The predicted molar refractivity (Wildman–Crippen MR) is 219 cm³/mol. The van der Waals surface area contributed by atoms with Crippen LogP contribution in [-0.2, 0) is 56.1 Å². The van der Waals surface area contributed by atoms with E-state index in [0.717, 1.165) is 11.1 Å². The van der Waals surface area contributed by atoms with E-state index in [1.54, 1.807) is 21.6 Å². The molecule has 21 heteroatoms. The molecule has 60 heavy (non-hydrogen) atoms. The summed E-state index contributed by atoms with van der Waals surface area (Å²) in [7, 11) is -18.5. The van der Waals surface area contributed by atoms with Crippen LogP contribution in [0.15, 0.2) is 93.0 Å². The molecule has 0 bridgehead atoms. The summed E-state index contributed by atoms with van der Waals surface area (Å²) in [5, 5.41) is 12.7. The van der Waals surface area contributed by atoms with Gasteiger partial charge >= 0.3 is 5.97 Å². The maximum Gasteiger partial charge on any atom is 0.305 e. The Labute approximate surface area is 350 Å². The molecule has 2 aromatic rings. The van der Waals surface area contributed by atoms with Gasteiger partial charge in [0.2, 0.25) is 5.69 Å². The van der Waals surface area contributed by atoms with Crippen molar-refractivity contribution < 1.29 is 66.4 Å². The van der Waals surface area contributed by atoms with Crippen LogP contribution in [0, 0.1) is 0 Å². The molecule has 0 spiro atoms. The molecule has 328 valence electrons. The van der Waals surface area contributed by atoms with Crippen LogP contribution in [0.5, 0.6) is 0 Å². The van der Waals surface area contributed by atoms with Gasteiger partial charge in [-0.3, -0.25) is 9.35 Å². The second kappa shape index (κ2) is 17.3. The number of aliphatic carboxylic acids is 1. The second-order valence-electron chi connectivity index (χ2n) is 15.9. The number of carboxylic acid groups (broad SMARTS) is 1. The van der Waals surface area contributed by atoms with Gasteiger partial charge in [0.1, 0.15) is 26.8 Å². The maximum atomic E-state index is 12.0. The molecule has 0 radical (unpaired) electrons. The number of allylic oxidation sites excluding steroid dienone is 7. The molecular weight excluding hydrogens is 863 g/mol. The van der Waals surface area contributed by atoms with Crippen LogP contribution in [0.3, 0.4) is 0 Å². The molecule has 5 rings (SSSR count). The smallest absolute Gasteiger partial charge is 0.305 e. The Morgan fingerprint density at radius 2 is 1.47 bits per heavy atom. The van der Waals surface area contributed by atoms with E-state index in [-0.39, 0.29) is 38.9 Å². The molecule has 0 saturated carbocycles. The van der Waals surface area contributed by atoms with Crippen LogP contribution in [0.1, 0.15) is 77.3 Å². The molecule has 0 aromatic heterocycles. The zero-order valence-electron chi connectivity index (χ0n) is 33.4. The molecule has 2 aliphatic heterocycles. The van der Waals surface area contributed by atoms with E-state index in [0.29, 0.717) is 58.9 Å². The third-order valence-electron chi connectivity index (χ3n) is 10.9. The molecule has 0 unspecified atom stereocenters. The molecule has 1 aliphatic carbocycles. The summed E-state index contributed by atoms with van der Waals surface area (Å²) in [5.74, 6) is -2.22. The summed E-state index contributed by atoms with van der Waals surface area (Å²) in [6, 6.07) is 7.89. The second-order valence-corrected chi connectivity index (χ2v) is 21.7. The van der Waals surface area contributed by atoms with Crippen molar-refractivity contribution in [3.63, 3.8) is 0 Å². The minimum Gasteiger partial charge on any atom is -0.748 e. The number of hydrogen-bond donors (Lipinski definition) is 3. The lowest BCUT2D eigenvalue weighted by Gasteiger charge is -2.27. The van der Waals surface area contributed by atoms with Crippen molar-refractivity contribution in [2.75, 3.05) is 36.0 Å². The molecule has 0 saturated heterocycles. The Morgan fingerprint density at radius 1 is 0.833 bits per heavy atom. The Hall–Kier alpha value is -4.22. The van der Waals surface area contributed by atoms with Crippen molar-refractivity contribution in [3.8, 4) is 0 Å². The summed E-state index contributed by atoms with van der Waals surface area (Å²) in [6.45, 7) is 7.51. The van der Waals surface area contributed by atoms with Crippen molar-refractivity contribution in [1.82, 2.24) is 5.32 Å². The lowest BCUT2D eigenvalue weighted by atomic mass is 9.81. The van der Waals surface area contributed by atoms with E-state index in [2.05, 4.69) is 5.32 Å². The van der Waals surface area contributed by atoms with Crippen molar-refractivity contribution in [3.05, 3.63) is 94.4 Å². The van der Waals surface area contributed by atoms with E-state index < -0.39 is 78.6 Å². The summed E-state index contributed by atoms with van der Waals surface area (Å²) >= 11 is 0. The van der Waals surface area contributed by atoms with Crippen LogP contribution in [-0.4, -0.2) is 104 Å². The number of nitrogens with one attached hydrogen (secondary N) is 1. The fourth-order valence-electron chi connectivity index (χ4n) is 8.05. The highest BCUT2D eigenvalue weighted by molar-refractivity contribution is 7.86. The van der Waals surface area contributed by atoms with Crippen LogP contribution in [0.25, 0.3) is 0 Å². The Balaban J connectivity index is 1.63. The summed E-state index contributed by atoms with van der Waals surface area (Å²) in [4.78, 5) is 12.5. The van der Waals surface area contributed by atoms with Crippen LogP contribution < -0.4 is 10.2 Å². The number of carboxylic acids is 1. The lowest BCUT2D eigenvalue weighted by Crippen LogP contribution is -2.28. The third kappa shape index (κ3) is 10.8. The molecule has 17 nitrogen and oxygen atoms in total. The quantitative estimate of drug-likeness (QED) is 0.151. The highest BCUT2D eigenvalue weighted by Crippen LogP contribution is 2.49. The first-order valence-electron chi connectivity index (χ1n) is 18.9. The van der Waals surface area contributed by atoms with Crippen LogP contribution >= 0.6 is 0 Å². The topological polar surface area (TPSA) is 282 Å². The molecule has 2 aromatic carbocycles. The van der Waals surface area contributed by atoms with Crippen molar-refractivity contribution in [2.24, 2.45) is 0 Å². The Bertz CT molecular complexity index is 2690. The van der Waals surface area contributed by atoms with Gasteiger partial charge in [0, 0.05) is 65.5 Å². The van der Waals surface area contributed by atoms with Gasteiger partial charge in [-0.05, 0) is 92.6 Å². The minimum absolute atomic E-state index is 0.0114. The minimum atomic E-state index is -4.82. The monoisotopic (exact) mass is 909 g/mol. The number of hydrogen-bond acceptors (Lipinski definition) is 14. The lowest BCUT2D eigenvalue weighted by molar-refractivity contribution is -0.437. The fraction of sp³-hybridized carbons (Fsp3) is 0.436. The number of rotatable bonds is 17. The summed E-state index contributed by atoms with van der Waals surface area (Å²) < 4.78 is 141. The molecule has 3 aliphatic rings. The van der Waals surface area contributed by atoms with Gasteiger partial charge in [-0.2, -0.15) is 13.0 Å².